The van der Waals surface area contributed by atoms with Crippen LogP contribution in [-0.4, -0.2) is 72.8 Å². The normalized spacial score (nSPS) is 14.6. The minimum Gasteiger partial charge on any atom is -0.368 e. The molecule has 0 radical (unpaired) electrons. The number of carbonyl (C=O) groups is 1. The van der Waals surface area contributed by atoms with E-state index in [4.69, 9.17) is 0 Å². The molecule has 0 bridgehead atoms. The van der Waals surface area contributed by atoms with Crippen LogP contribution in [0.25, 0.3) is 16.9 Å². The summed E-state index contributed by atoms with van der Waals surface area (Å²) in [5.74, 6) is -0.543. The Morgan fingerprint density at radius 2 is 1.80 bits per heavy atom. The van der Waals surface area contributed by atoms with Crippen LogP contribution in [0.15, 0.2) is 55.2 Å². The topological polar surface area (TPSA) is 92.9 Å². The monoisotopic (exact) mass is 550 g/mol. The Bertz CT molecular complexity index is 1510. The molecule has 5 heterocycles. The Morgan fingerprint density at radius 1 is 1.02 bits per heavy atom. The fourth-order valence-corrected chi connectivity index (χ4v) is 4.68. The van der Waals surface area contributed by atoms with Gasteiger partial charge >= 0.3 is 6.18 Å². The predicted molar refractivity (Wildman–Crippen MR) is 143 cm³/mol. The van der Waals surface area contributed by atoms with Gasteiger partial charge in [0.25, 0.3) is 0 Å². The second kappa shape index (κ2) is 11.1. The minimum atomic E-state index is -4.56. The lowest BCUT2D eigenvalue weighted by atomic mass is 10.1. The largest absolute Gasteiger partial charge is 0.416 e. The van der Waals surface area contributed by atoms with Gasteiger partial charge in [0.15, 0.2) is 5.78 Å². The van der Waals surface area contributed by atoms with Crippen LogP contribution >= 0.6 is 0 Å². The van der Waals surface area contributed by atoms with Crippen LogP contribution in [0.5, 0.6) is 0 Å². The van der Waals surface area contributed by atoms with Crippen LogP contribution in [0.4, 0.5) is 18.9 Å². The zero-order valence-corrected chi connectivity index (χ0v) is 22.4. The molecule has 1 aliphatic heterocycles. The van der Waals surface area contributed by atoms with Gasteiger partial charge in [-0.2, -0.15) is 13.2 Å². The number of anilines is 1. The highest BCUT2D eigenvalue weighted by atomic mass is 19.4. The standard InChI is InChI=1S/C28H29F3N8O/c1-18(2)37-6-8-38(9-7-37)23-12-21(15-32-16-23)25-17-39(36-35-25)26-10-20(14-34-19(26)3)11-27(40)24-13-22(4-5-33-24)28(29,30)31/h4-5,10,12-18H,6-9,11H2,1-3H3. The molecule has 1 saturated heterocycles. The third-order valence-electron chi connectivity index (χ3n) is 7.02. The SMILES string of the molecule is Cc1ncc(CC(=O)c2cc(C(F)(F)F)ccn2)cc1-n1cc(-c2cncc(N3CCN(C(C)C)CC3)c2)nn1. The van der Waals surface area contributed by atoms with E-state index in [1.807, 2.05) is 6.20 Å². The Balaban J connectivity index is 1.33. The van der Waals surface area contributed by atoms with Crippen molar-refractivity contribution in [3.63, 3.8) is 0 Å². The molecule has 0 spiro atoms. The molecule has 4 aromatic rings. The highest BCUT2D eigenvalue weighted by Gasteiger charge is 2.31. The van der Waals surface area contributed by atoms with Gasteiger partial charge in [-0.15, -0.1) is 5.10 Å². The van der Waals surface area contributed by atoms with E-state index in [9.17, 15) is 18.0 Å². The molecule has 4 aromatic heterocycles. The van der Waals surface area contributed by atoms with Gasteiger partial charge in [0.2, 0.25) is 0 Å². The number of hydrogen-bond acceptors (Lipinski definition) is 8. The molecular formula is C28H29F3N8O. The summed E-state index contributed by atoms with van der Waals surface area (Å²) in [6.45, 7) is 10.0. The Kier molecular flexibility index (Phi) is 7.61. The molecule has 9 nitrogen and oxygen atoms in total. The molecule has 1 fully saturated rings. The van der Waals surface area contributed by atoms with Crippen LogP contribution < -0.4 is 4.90 Å². The first-order valence-corrected chi connectivity index (χ1v) is 13.0. The number of rotatable bonds is 7. The lowest BCUT2D eigenvalue weighted by molar-refractivity contribution is -0.137. The van der Waals surface area contributed by atoms with Gasteiger partial charge in [-0.05, 0) is 50.6 Å². The number of aromatic nitrogens is 6. The van der Waals surface area contributed by atoms with E-state index in [0.717, 1.165) is 55.8 Å². The number of halogens is 3. The second-order valence-corrected chi connectivity index (χ2v) is 10.1. The zero-order chi connectivity index (χ0) is 28.4. The lowest BCUT2D eigenvalue weighted by Gasteiger charge is -2.38. The van der Waals surface area contributed by atoms with Gasteiger partial charge in [-0.3, -0.25) is 24.6 Å². The maximum Gasteiger partial charge on any atom is 0.416 e. The average Bonchev–Trinajstić information content (AvgIpc) is 3.44. The van der Waals surface area contributed by atoms with Crippen molar-refractivity contribution >= 4 is 11.5 Å². The molecule has 40 heavy (non-hydrogen) atoms. The maximum atomic E-state index is 13.1. The lowest BCUT2D eigenvalue weighted by Crippen LogP contribution is -2.48. The Hall–Kier alpha value is -4.19. The van der Waals surface area contributed by atoms with Crippen molar-refractivity contribution in [1.29, 1.82) is 0 Å². The van der Waals surface area contributed by atoms with Gasteiger partial charge in [-0.1, -0.05) is 5.21 Å². The van der Waals surface area contributed by atoms with E-state index in [1.54, 1.807) is 30.1 Å². The average molecular weight is 551 g/mol. The van der Waals surface area contributed by atoms with Gasteiger partial charge in [0.1, 0.15) is 11.4 Å². The molecule has 0 N–H and O–H groups in total. The minimum absolute atomic E-state index is 0.161. The molecule has 12 heteroatoms. The van der Waals surface area contributed by atoms with Crippen molar-refractivity contribution in [3.8, 4) is 16.9 Å². The van der Waals surface area contributed by atoms with E-state index in [1.165, 1.54) is 6.20 Å². The predicted octanol–water partition coefficient (Wildman–Crippen LogP) is 4.40. The molecule has 0 amide bonds. The number of ketones is 1. The van der Waals surface area contributed by atoms with Crippen LogP contribution in [0.1, 0.15) is 41.2 Å². The molecule has 0 atom stereocenters. The number of carbonyl (C=O) groups excluding carboxylic acids is 1. The smallest absolute Gasteiger partial charge is 0.368 e. The highest BCUT2D eigenvalue weighted by Crippen LogP contribution is 2.29. The van der Waals surface area contributed by atoms with Crippen molar-refractivity contribution in [2.45, 2.75) is 39.4 Å². The molecule has 0 aromatic carbocycles. The van der Waals surface area contributed by atoms with Crippen LogP contribution in [-0.2, 0) is 12.6 Å². The second-order valence-electron chi connectivity index (χ2n) is 10.1. The van der Waals surface area contributed by atoms with Crippen molar-refractivity contribution in [3.05, 3.63) is 77.8 Å². The van der Waals surface area contributed by atoms with Crippen molar-refractivity contribution < 1.29 is 18.0 Å². The van der Waals surface area contributed by atoms with E-state index in [-0.39, 0.29) is 12.1 Å². The Morgan fingerprint density at radius 3 is 2.52 bits per heavy atom. The van der Waals surface area contributed by atoms with E-state index in [0.29, 0.717) is 28.7 Å². The summed E-state index contributed by atoms with van der Waals surface area (Å²) in [7, 11) is 0. The number of aryl methyl sites for hydroxylation is 1. The third-order valence-corrected chi connectivity index (χ3v) is 7.02. The summed E-state index contributed by atoms with van der Waals surface area (Å²) in [6.07, 6.45) is 3.15. The number of piperazine rings is 1. The quantitative estimate of drug-likeness (QED) is 0.313. The number of pyridine rings is 3. The molecule has 0 saturated carbocycles. The van der Waals surface area contributed by atoms with Crippen molar-refractivity contribution in [2.24, 2.45) is 0 Å². The molecule has 5 rings (SSSR count). The summed E-state index contributed by atoms with van der Waals surface area (Å²) in [6, 6.07) is 5.90. The molecule has 0 unspecified atom stereocenters. The fourth-order valence-electron chi connectivity index (χ4n) is 4.68. The third kappa shape index (κ3) is 6.01. The summed E-state index contributed by atoms with van der Waals surface area (Å²) in [5.41, 5.74) is 3.09. The molecular weight excluding hydrogens is 521 g/mol. The summed E-state index contributed by atoms with van der Waals surface area (Å²) >= 11 is 0. The van der Waals surface area contributed by atoms with E-state index in [2.05, 4.69) is 55.0 Å². The Labute approximate surface area is 229 Å². The van der Waals surface area contributed by atoms with Gasteiger partial charge in [-0.25, -0.2) is 4.68 Å². The summed E-state index contributed by atoms with van der Waals surface area (Å²) < 4.78 is 40.7. The maximum absolute atomic E-state index is 13.1. The number of nitrogens with zero attached hydrogens (tertiary/aromatic N) is 8. The number of hydrogen-bond donors (Lipinski definition) is 0. The number of Topliss-reactive ketones (excluding diaryl/α,β-unsaturated/α-hetero) is 1. The van der Waals surface area contributed by atoms with Crippen LogP contribution in [0.3, 0.4) is 0 Å². The summed E-state index contributed by atoms with van der Waals surface area (Å²) in [4.78, 5) is 30.1. The number of alkyl halides is 3. The summed E-state index contributed by atoms with van der Waals surface area (Å²) in [5, 5.41) is 8.60. The van der Waals surface area contributed by atoms with Crippen LogP contribution in [0.2, 0.25) is 0 Å². The first-order valence-electron chi connectivity index (χ1n) is 13.0. The van der Waals surface area contributed by atoms with E-state index < -0.39 is 17.5 Å². The van der Waals surface area contributed by atoms with Crippen molar-refractivity contribution in [1.82, 2.24) is 34.8 Å². The fraction of sp³-hybridized carbons (Fsp3) is 0.357. The first-order chi connectivity index (χ1) is 19.1. The molecule has 1 aliphatic rings. The zero-order valence-electron chi connectivity index (χ0n) is 22.4. The van der Waals surface area contributed by atoms with Gasteiger partial charge < -0.3 is 4.90 Å². The van der Waals surface area contributed by atoms with Gasteiger partial charge in [0, 0.05) is 62.8 Å². The molecule has 208 valence electrons. The first kappa shape index (κ1) is 27.4. The highest BCUT2D eigenvalue weighted by molar-refractivity contribution is 5.95. The van der Waals surface area contributed by atoms with Crippen molar-refractivity contribution in [2.75, 3.05) is 31.1 Å². The van der Waals surface area contributed by atoms with E-state index >= 15 is 0 Å². The van der Waals surface area contributed by atoms with Crippen LogP contribution in [0, 0.1) is 6.92 Å². The van der Waals surface area contributed by atoms with Gasteiger partial charge in [0.05, 0.1) is 35.0 Å². The molecule has 0 aliphatic carbocycles.